The van der Waals surface area contributed by atoms with E-state index in [1.54, 1.807) is 48.5 Å². The molecule has 134 valence electrons. The van der Waals surface area contributed by atoms with E-state index in [2.05, 4.69) is 0 Å². The van der Waals surface area contributed by atoms with Gasteiger partial charge in [0.1, 0.15) is 5.76 Å². The Morgan fingerprint density at radius 3 is 2.54 bits per heavy atom. The lowest BCUT2D eigenvalue weighted by Crippen LogP contribution is -2.32. The average molecular weight is 372 g/mol. The maximum absolute atomic E-state index is 12.7. The molecule has 1 fully saturated rings. The van der Waals surface area contributed by atoms with Gasteiger partial charge >= 0.3 is 0 Å². The quantitative estimate of drug-likeness (QED) is 0.497. The maximum Gasteiger partial charge on any atom is 0.295 e. The number of methoxy groups -OCH3 is 1. The van der Waals surface area contributed by atoms with Gasteiger partial charge in [-0.05, 0) is 17.7 Å². The van der Waals surface area contributed by atoms with Crippen molar-refractivity contribution < 1.29 is 19.4 Å². The molecular formula is C20H18ClNO4. The van der Waals surface area contributed by atoms with E-state index in [9.17, 15) is 14.7 Å². The molecule has 2 aromatic carbocycles. The largest absolute Gasteiger partial charge is 0.507 e. The minimum Gasteiger partial charge on any atom is -0.507 e. The average Bonchev–Trinajstić information content (AvgIpc) is 2.91. The molecule has 1 N–H and O–H groups in total. The van der Waals surface area contributed by atoms with Gasteiger partial charge in [0.15, 0.2) is 0 Å². The van der Waals surface area contributed by atoms with Gasteiger partial charge < -0.3 is 14.7 Å². The number of likely N-dealkylation sites (tertiary alicyclic amines) is 1. The summed E-state index contributed by atoms with van der Waals surface area (Å²) in [7, 11) is 1.52. The van der Waals surface area contributed by atoms with Gasteiger partial charge in [-0.15, -0.1) is 0 Å². The van der Waals surface area contributed by atoms with Crippen LogP contribution in [0, 0.1) is 0 Å². The van der Waals surface area contributed by atoms with Gasteiger partial charge in [0.25, 0.3) is 11.7 Å². The van der Waals surface area contributed by atoms with E-state index in [1.165, 1.54) is 12.0 Å². The molecule has 1 aliphatic heterocycles. The van der Waals surface area contributed by atoms with Crippen molar-refractivity contribution in [2.45, 2.75) is 6.04 Å². The molecule has 6 heteroatoms. The first-order valence-corrected chi connectivity index (χ1v) is 8.50. The monoisotopic (exact) mass is 371 g/mol. The van der Waals surface area contributed by atoms with E-state index in [1.807, 2.05) is 6.07 Å². The Kier molecular flexibility index (Phi) is 5.40. The molecule has 3 rings (SSSR count). The second-order valence-corrected chi connectivity index (χ2v) is 6.34. The highest BCUT2D eigenvalue weighted by atomic mass is 35.5. The molecule has 5 nitrogen and oxygen atoms in total. The first-order chi connectivity index (χ1) is 12.5. The van der Waals surface area contributed by atoms with Crippen molar-refractivity contribution in [1.82, 2.24) is 4.90 Å². The third kappa shape index (κ3) is 3.36. The van der Waals surface area contributed by atoms with E-state index < -0.39 is 17.7 Å². The third-order valence-corrected chi connectivity index (χ3v) is 4.52. The zero-order chi connectivity index (χ0) is 18.7. The number of aliphatic hydroxyl groups is 1. The van der Waals surface area contributed by atoms with Gasteiger partial charge in [-0.2, -0.15) is 0 Å². The van der Waals surface area contributed by atoms with Gasteiger partial charge in [0, 0.05) is 24.2 Å². The van der Waals surface area contributed by atoms with Crippen LogP contribution in [-0.4, -0.2) is 42.0 Å². The lowest BCUT2D eigenvalue weighted by Gasteiger charge is -2.25. The van der Waals surface area contributed by atoms with Crippen molar-refractivity contribution in [3.63, 3.8) is 0 Å². The van der Waals surface area contributed by atoms with Crippen LogP contribution in [0.15, 0.2) is 60.2 Å². The van der Waals surface area contributed by atoms with Crippen LogP contribution in [0.2, 0.25) is 5.02 Å². The van der Waals surface area contributed by atoms with Gasteiger partial charge in [0.05, 0.1) is 18.2 Å². The number of hydrogen-bond acceptors (Lipinski definition) is 4. The standard InChI is InChI=1S/C20H18ClNO4/c1-26-11-10-22-17(14-8-5-9-15(21)12-14)16(19(24)20(22)25)18(23)13-6-3-2-4-7-13/h2-9,12,17,23H,10-11H2,1H3. The number of carbonyl (C=O) groups is 2. The van der Waals surface area contributed by atoms with Crippen LogP contribution in [0.25, 0.3) is 5.76 Å². The molecule has 1 aliphatic rings. The molecule has 1 amide bonds. The summed E-state index contributed by atoms with van der Waals surface area (Å²) >= 11 is 6.10. The number of nitrogens with zero attached hydrogens (tertiary/aromatic N) is 1. The Hall–Kier alpha value is -2.63. The van der Waals surface area contributed by atoms with Crippen LogP contribution >= 0.6 is 11.6 Å². The predicted octanol–water partition coefficient (Wildman–Crippen LogP) is 3.41. The summed E-state index contributed by atoms with van der Waals surface area (Å²) in [6.07, 6.45) is 0. The van der Waals surface area contributed by atoms with Gasteiger partial charge in [-0.3, -0.25) is 9.59 Å². The minimum atomic E-state index is -0.718. The van der Waals surface area contributed by atoms with Crippen LogP contribution < -0.4 is 0 Å². The molecule has 26 heavy (non-hydrogen) atoms. The number of hydrogen-bond donors (Lipinski definition) is 1. The number of carbonyl (C=O) groups excluding carboxylic acids is 2. The number of Topliss-reactive ketones (excluding diaryl/α,β-unsaturated/α-hetero) is 1. The molecule has 0 radical (unpaired) electrons. The lowest BCUT2D eigenvalue weighted by atomic mass is 9.95. The van der Waals surface area contributed by atoms with E-state index in [4.69, 9.17) is 16.3 Å². The Morgan fingerprint density at radius 1 is 1.15 bits per heavy atom. The van der Waals surface area contributed by atoms with Gasteiger partial charge in [-0.25, -0.2) is 0 Å². The highest BCUT2D eigenvalue weighted by Crippen LogP contribution is 2.39. The van der Waals surface area contributed by atoms with E-state index >= 15 is 0 Å². The SMILES string of the molecule is COCCN1C(=O)C(=O)C(=C(O)c2ccccc2)C1c1cccc(Cl)c1. The number of aliphatic hydroxyl groups excluding tert-OH is 1. The number of amides is 1. The van der Waals surface area contributed by atoms with Gasteiger partial charge in [-0.1, -0.05) is 54.1 Å². The third-order valence-electron chi connectivity index (χ3n) is 4.29. The lowest BCUT2D eigenvalue weighted by molar-refractivity contribution is -0.140. The van der Waals surface area contributed by atoms with Gasteiger partial charge in [0.2, 0.25) is 0 Å². The number of ether oxygens (including phenoxy) is 1. The maximum atomic E-state index is 12.7. The first kappa shape index (κ1) is 18.2. The highest BCUT2D eigenvalue weighted by Gasteiger charge is 2.45. The molecule has 0 bridgehead atoms. The second kappa shape index (κ2) is 7.72. The van der Waals surface area contributed by atoms with Crippen molar-refractivity contribution in [1.29, 1.82) is 0 Å². The molecular weight excluding hydrogens is 354 g/mol. The Balaban J connectivity index is 2.16. The number of halogens is 1. The predicted molar refractivity (Wildman–Crippen MR) is 98.8 cm³/mol. The summed E-state index contributed by atoms with van der Waals surface area (Å²) in [5.41, 5.74) is 1.19. The molecule has 2 aromatic rings. The zero-order valence-corrected chi connectivity index (χ0v) is 14.9. The van der Waals surface area contributed by atoms with Crippen molar-refractivity contribution in [3.05, 3.63) is 76.3 Å². The summed E-state index contributed by atoms with van der Waals surface area (Å²) in [5, 5.41) is 11.3. The van der Waals surface area contributed by atoms with E-state index in [0.29, 0.717) is 16.1 Å². The Bertz CT molecular complexity index is 863. The second-order valence-electron chi connectivity index (χ2n) is 5.91. The highest BCUT2D eigenvalue weighted by molar-refractivity contribution is 6.46. The molecule has 0 spiro atoms. The van der Waals surface area contributed by atoms with Crippen LogP contribution in [0.5, 0.6) is 0 Å². The van der Waals surface area contributed by atoms with Crippen molar-refractivity contribution in [2.75, 3.05) is 20.3 Å². The molecule has 1 unspecified atom stereocenters. The fourth-order valence-electron chi connectivity index (χ4n) is 3.08. The fourth-order valence-corrected chi connectivity index (χ4v) is 3.27. The van der Waals surface area contributed by atoms with Crippen molar-refractivity contribution in [2.24, 2.45) is 0 Å². The summed E-state index contributed by atoms with van der Waals surface area (Å²) in [6, 6.07) is 14.9. The van der Waals surface area contributed by atoms with Crippen LogP contribution in [0.3, 0.4) is 0 Å². The van der Waals surface area contributed by atoms with E-state index in [0.717, 1.165) is 0 Å². The summed E-state index contributed by atoms with van der Waals surface area (Å²) in [5.74, 6) is -1.58. The van der Waals surface area contributed by atoms with Crippen LogP contribution in [-0.2, 0) is 14.3 Å². The molecule has 0 aromatic heterocycles. The van der Waals surface area contributed by atoms with Crippen molar-refractivity contribution in [3.8, 4) is 0 Å². The molecule has 0 aliphatic carbocycles. The smallest absolute Gasteiger partial charge is 0.295 e. The number of rotatable bonds is 5. The first-order valence-electron chi connectivity index (χ1n) is 8.13. The molecule has 1 heterocycles. The fraction of sp³-hybridized carbons (Fsp3) is 0.200. The van der Waals surface area contributed by atoms with Crippen molar-refractivity contribution >= 4 is 29.1 Å². The Morgan fingerprint density at radius 2 is 1.88 bits per heavy atom. The normalized spacial score (nSPS) is 19.2. The Labute approximate surface area is 156 Å². The van der Waals surface area contributed by atoms with Crippen LogP contribution in [0.4, 0.5) is 0 Å². The molecule has 0 saturated carbocycles. The minimum absolute atomic E-state index is 0.0552. The summed E-state index contributed by atoms with van der Waals surface area (Å²) in [4.78, 5) is 26.7. The molecule has 1 atom stereocenters. The topological polar surface area (TPSA) is 66.8 Å². The molecule has 1 saturated heterocycles. The summed E-state index contributed by atoms with van der Waals surface area (Å²) in [6.45, 7) is 0.499. The number of benzene rings is 2. The zero-order valence-electron chi connectivity index (χ0n) is 14.2. The summed E-state index contributed by atoms with van der Waals surface area (Å²) < 4.78 is 5.07. The number of ketones is 1. The van der Waals surface area contributed by atoms with E-state index in [-0.39, 0.29) is 24.5 Å². The van der Waals surface area contributed by atoms with Crippen LogP contribution in [0.1, 0.15) is 17.2 Å².